The van der Waals surface area contributed by atoms with Gasteiger partial charge >= 0.3 is 0 Å². The summed E-state index contributed by atoms with van der Waals surface area (Å²) in [4.78, 5) is 12.6. The highest BCUT2D eigenvalue weighted by Crippen LogP contribution is 2.20. The van der Waals surface area contributed by atoms with Crippen LogP contribution in [0.3, 0.4) is 0 Å². The van der Waals surface area contributed by atoms with Crippen molar-refractivity contribution in [3.8, 4) is 0 Å². The lowest BCUT2D eigenvalue weighted by atomic mass is 10.3. The number of benzene rings is 1. The number of nitrogens with zero attached hydrogens (tertiary/aromatic N) is 2. The van der Waals surface area contributed by atoms with Gasteiger partial charge in [-0.2, -0.15) is 4.31 Å². The van der Waals surface area contributed by atoms with Crippen LogP contribution in [0.25, 0.3) is 0 Å². The molecule has 1 amide bonds. The van der Waals surface area contributed by atoms with Crippen molar-refractivity contribution in [2.24, 2.45) is 0 Å². The van der Waals surface area contributed by atoms with Gasteiger partial charge in [0.1, 0.15) is 10.7 Å². The molecule has 5 nitrogen and oxygen atoms in total. The third-order valence-electron chi connectivity index (χ3n) is 3.18. The zero-order valence-corrected chi connectivity index (χ0v) is 11.6. The first kappa shape index (κ1) is 14.7. The van der Waals surface area contributed by atoms with E-state index in [9.17, 15) is 17.6 Å². The molecule has 7 heteroatoms. The van der Waals surface area contributed by atoms with Crippen molar-refractivity contribution in [2.75, 3.05) is 26.2 Å². The first-order valence-corrected chi connectivity index (χ1v) is 7.57. The van der Waals surface area contributed by atoms with Crippen LogP contribution < -0.4 is 0 Å². The van der Waals surface area contributed by atoms with E-state index in [1.807, 2.05) is 0 Å². The fourth-order valence-electron chi connectivity index (χ4n) is 2.07. The highest BCUT2D eigenvalue weighted by Gasteiger charge is 2.31. The van der Waals surface area contributed by atoms with Crippen LogP contribution in [0.1, 0.15) is 0 Å². The zero-order valence-electron chi connectivity index (χ0n) is 10.8. The van der Waals surface area contributed by atoms with Gasteiger partial charge in [0.25, 0.3) is 0 Å². The smallest absolute Gasteiger partial charge is 0.246 e. The number of halogens is 1. The number of carbonyl (C=O) groups excluding carboxylic acids is 1. The fourth-order valence-corrected chi connectivity index (χ4v) is 3.56. The van der Waals surface area contributed by atoms with Crippen molar-refractivity contribution >= 4 is 15.9 Å². The average molecular weight is 298 g/mol. The van der Waals surface area contributed by atoms with E-state index in [0.717, 1.165) is 6.07 Å². The minimum Gasteiger partial charge on any atom is -0.337 e. The Bertz CT molecular complexity index is 622. The molecule has 0 aromatic heterocycles. The lowest BCUT2D eigenvalue weighted by Crippen LogP contribution is -2.50. The number of rotatable bonds is 3. The number of amides is 1. The lowest BCUT2D eigenvalue weighted by Gasteiger charge is -2.33. The van der Waals surface area contributed by atoms with E-state index in [1.165, 1.54) is 33.5 Å². The molecule has 20 heavy (non-hydrogen) atoms. The van der Waals surface area contributed by atoms with Gasteiger partial charge in [0.15, 0.2) is 0 Å². The molecule has 0 radical (unpaired) electrons. The van der Waals surface area contributed by atoms with Crippen LogP contribution in [0.4, 0.5) is 4.39 Å². The monoisotopic (exact) mass is 298 g/mol. The molecule has 0 unspecified atom stereocenters. The van der Waals surface area contributed by atoms with Crippen LogP contribution in [-0.4, -0.2) is 49.7 Å². The van der Waals surface area contributed by atoms with Crippen molar-refractivity contribution in [3.63, 3.8) is 0 Å². The van der Waals surface area contributed by atoms with Crippen LogP contribution in [-0.2, 0) is 14.8 Å². The molecule has 0 bridgehead atoms. The van der Waals surface area contributed by atoms with E-state index in [0.29, 0.717) is 0 Å². The molecule has 0 aliphatic carbocycles. The lowest BCUT2D eigenvalue weighted by molar-refractivity contribution is -0.127. The van der Waals surface area contributed by atoms with Crippen molar-refractivity contribution in [1.82, 2.24) is 9.21 Å². The van der Waals surface area contributed by atoms with E-state index < -0.39 is 15.8 Å². The standard InChI is InChI=1S/C13H15FN2O3S/c1-2-13(17)15-7-9-16(10-8-15)20(18,19)12-6-4-3-5-11(12)14/h2-6H,1,7-10H2. The quantitative estimate of drug-likeness (QED) is 0.777. The highest BCUT2D eigenvalue weighted by molar-refractivity contribution is 7.89. The van der Waals surface area contributed by atoms with Crippen LogP contribution in [0.5, 0.6) is 0 Å². The van der Waals surface area contributed by atoms with E-state index in [2.05, 4.69) is 6.58 Å². The molecule has 0 atom stereocenters. The van der Waals surface area contributed by atoms with Gasteiger partial charge in [-0.3, -0.25) is 4.79 Å². The van der Waals surface area contributed by atoms with Crippen molar-refractivity contribution in [3.05, 3.63) is 42.7 Å². The number of sulfonamides is 1. The van der Waals surface area contributed by atoms with Crippen molar-refractivity contribution in [1.29, 1.82) is 0 Å². The summed E-state index contributed by atoms with van der Waals surface area (Å²) in [6.07, 6.45) is 1.20. The summed E-state index contributed by atoms with van der Waals surface area (Å²) in [6.45, 7) is 4.24. The van der Waals surface area contributed by atoms with Gasteiger partial charge in [0.05, 0.1) is 0 Å². The number of piperazine rings is 1. The van der Waals surface area contributed by atoms with Crippen LogP contribution in [0, 0.1) is 5.82 Å². The molecule has 1 aromatic rings. The molecule has 1 fully saturated rings. The SMILES string of the molecule is C=CC(=O)N1CCN(S(=O)(=O)c2ccccc2F)CC1. The third kappa shape index (κ3) is 2.73. The second-order valence-corrected chi connectivity index (χ2v) is 6.27. The summed E-state index contributed by atoms with van der Waals surface area (Å²) in [5, 5.41) is 0. The number of hydrogen-bond acceptors (Lipinski definition) is 3. The summed E-state index contributed by atoms with van der Waals surface area (Å²) in [6, 6.07) is 5.28. The summed E-state index contributed by atoms with van der Waals surface area (Å²) in [7, 11) is -3.85. The molecule has 0 spiro atoms. The molecular formula is C13H15FN2O3S. The minimum atomic E-state index is -3.85. The highest BCUT2D eigenvalue weighted by atomic mass is 32.2. The van der Waals surface area contributed by atoms with Gasteiger partial charge in [-0.1, -0.05) is 18.7 Å². The molecule has 1 aliphatic heterocycles. The van der Waals surface area contributed by atoms with Gasteiger partial charge in [0.2, 0.25) is 15.9 Å². The average Bonchev–Trinajstić information content (AvgIpc) is 2.47. The van der Waals surface area contributed by atoms with E-state index in [-0.39, 0.29) is 37.0 Å². The van der Waals surface area contributed by atoms with E-state index in [1.54, 1.807) is 0 Å². The summed E-state index contributed by atoms with van der Waals surface area (Å²) < 4.78 is 39.4. The maximum atomic E-state index is 13.6. The van der Waals surface area contributed by atoms with Crippen molar-refractivity contribution < 1.29 is 17.6 Å². The zero-order chi connectivity index (χ0) is 14.8. The van der Waals surface area contributed by atoms with Gasteiger partial charge in [-0.15, -0.1) is 0 Å². The Morgan fingerprint density at radius 2 is 1.80 bits per heavy atom. The topological polar surface area (TPSA) is 57.7 Å². The number of hydrogen-bond donors (Lipinski definition) is 0. The summed E-state index contributed by atoms with van der Waals surface area (Å²) >= 11 is 0. The molecular weight excluding hydrogens is 283 g/mol. The van der Waals surface area contributed by atoms with Gasteiger partial charge in [-0.05, 0) is 18.2 Å². The fraction of sp³-hybridized carbons (Fsp3) is 0.308. The summed E-state index contributed by atoms with van der Waals surface area (Å²) in [5.41, 5.74) is 0. The Morgan fingerprint density at radius 3 is 2.35 bits per heavy atom. The Hall–Kier alpha value is -1.73. The molecule has 1 saturated heterocycles. The van der Waals surface area contributed by atoms with Gasteiger partial charge in [-0.25, -0.2) is 12.8 Å². The first-order chi connectivity index (χ1) is 9.46. The molecule has 1 aromatic carbocycles. The molecule has 1 heterocycles. The Balaban J connectivity index is 2.16. The van der Waals surface area contributed by atoms with E-state index in [4.69, 9.17) is 0 Å². The van der Waals surface area contributed by atoms with Crippen molar-refractivity contribution in [2.45, 2.75) is 4.90 Å². The predicted molar refractivity (Wildman–Crippen MR) is 71.9 cm³/mol. The second kappa shape index (κ2) is 5.72. The maximum Gasteiger partial charge on any atom is 0.246 e. The summed E-state index contributed by atoms with van der Waals surface area (Å²) in [5.74, 6) is -0.995. The molecule has 1 aliphatic rings. The van der Waals surface area contributed by atoms with Crippen LogP contribution >= 0.6 is 0 Å². The normalized spacial score (nSPS) is 16.9. The van der Waals surface area contributed by atoms with Crippen LogP contribution in [0.2, 0.25) is 0 Å². The Labute approximate surface area is 117 Å². The molecule has 108 valence electrons. The minimum absolute atomic E-state index is 0.149. The molecule has 0 N–H and O–H groups in total. The van der Waals surface area contributed by atoms with E-state index >= 15 is 0 Å². The Kier molecular flexibility index (Phi) is 4.20. The second-order valence-electron chi connectivity index (χ2n) is 4.36. The van der Waals surface area contributed by atoms with Gasteiger partial charge in [0, 0.05) is 26.2 Å². The maximum absolute atomic E-state index is 13.6. The first-order valence-electron chi connectivity index (χ1n) is 6.13. The predicted octanol–water partition coefficient (Wildman–Crippen LogP) is 0.845. The third-order valence-corrected chi connectivity index (χ3v) is 5.11. The van der Waals surface area contributed by atoms with Gasteiger partial charge < -0.3 is 4.90 Å². The molecule has 2 rings (SSSR count). The van der Waals surface area contributed by atoms with Crippen LogP contribution in [0.15, 0.2) is 41.8 Å². The number of carbonyl (C=O) groups is 1. The largest absolute Gasteiger partial charge is 0.337 e. The Morgan fingerprint density at radius 1 is 1.20 bits per heavy atom. The molecule has 0 saturated carbocycles.